The number of aromatic nitrogens is 4. The Morgan fingerprint density at radius 2 is 2.08 bits per heavy atom. The van der Waals surface area contributed by atoms with Crippen molar-refractivity contribution >= 4 is 17.0 Å². The molecule has 3 aliphatic rings. The van der Waals surface area contributed by atoms with Crippen molar-refractivity contribution in [2.24, 2.45) is 5.41 Å². The zero-order valence-electron chi connectivity index (χ0n) is 23.4. The van der Waals surface area contributed by atoms with Crippen molar-refractivity contribution in [3.8, 4) is 23.3 Å². The number of piperidine rings is 1. The summed E-state index contributed by atoms with van der Waals surface area (Å²) in [4.78, 5) is 23.8. The third-order valence-electron chi connectivity index (χ3n) is 8.09. The number of ether oxygens (including phenoxy) is 3. The van der Waals surface area contributed by atoms with Crippen LogP contribution in [0.2, 0.25) is 0 Å². The zero-order valence-corrected chi connectivity index (χ0v) is 23.4. The molecule has 10 nitrogen and oxygen atoms in total. The molecule has 40 heavy (non-hydrogen) atoms. The third kappa shape index (κ3) is 5.35. The standard InChI is InChI=1S/C30H36N6O4/c1-29(2,3)40-28(37)35-14-12-30(10-11-30)24(19-35)39-25-18-32-17-22(33-25)27-21-16-20(9-13-31)7-8-23(21)36(34-27)26-6-4-5-15-38-26/h7-8,16-18,24,26H,4-6,9-12,14-15,19H2,1-3H3. The van der Waals surface area contributed by atoms with Gasteiger partial charge in [0.05, 0.1) is 36.9 Å². The number of nitrogens with zero attached hydrogens (tertiary/aromatic N) is 6. The van der Waals surface area contributed by atoms with Crippen molar-refractivity contribution < 1.29 is 19.0 Å². The Hall–Kier alpha value is -3.71. The van der Waals surface area contributed by atoms with Crippen LogP contribution in [0.25, 0.3) is 22.3 Å². The maximum Gasteiger partial charge on any atom is 0.410 e. The highest BCUT2D eigenvalue weighted by atomic mass is 16.6. The lowest BCUT2D eigenvalue weighted by Gasteiger charge is -2.39. The SMILES string of the molecule is CC(C)(C)OC(=O)N1CCC2(CC2)C(Oc2cncc(-c3nn(C4CCCCO4)c4ccc(CC#N)cc34)n2)C1. The van der Waals surface area contributed by atoms with Crippen LogP contribution in [0.1, 0.15) is 71.1 Å². The lowest BCUT2D eigenvalue weighted by Crippen LogP contribution is -2.51. The normalized spacial score (nSPS) is 22.2. The lowest BCUT2D eigenvalue weighted by molar-refractivity contribution is -0.0365. The van der Waals surface area contributed by atoms with Gasteiger partial charge in [-0.1, -0.05) is 6.07 Å². The Balaban J connectivity index is 1.30. The maximum atomic E-state index is 12.8. The molecule has 2 atom stereocenters. The Morgan fingerprint density at radius 3 is 2.80 bits per heavy atom. The van der Waals surface area contributed by atoms with Gasteiger partial charge in [-0.15, -0.1) is 0 Å². The second-order valence-electron chi connectivity index (χ2n) is 12.2. The fourth-order valence-electron chi connectivity index (χ4n) is 5.77. The van der Waals surface area contributed by atoms with E-state index in [0.29, 0.717) is 43.4 Å². The molecular formula is C30H36N6O4. The van der Waals surface area contributed by atoms with E-state index in [1.54, 1.807) is 17.3 Å². The van der Waals surface area contributed by atoms with Crippen molar-refractivity contribution in [1.29, 1.82) is 5.26 Å². The van der Waals surface area contributed by atoms with E-state index < -0.39 is 5.60 Å². The number of nitriles is 1. The largest absolute Gasteiger partial charge is 0.471 e. The second kappa shape index (κ2) is 10.4. The summed E-state index contributed by atoms with van der Waals surface area (Å²) in [6.45, 7) is 7.45. The number of hydrogen-bond donors (Lipinski definition) is 0. The molecule has 0 radical (unpaired) electrons. The molecule has 210 valence electrons. The first kappa shape index (κ1) is 26.5. The van der Waals surface area contributed by atoms with Gasteiger partial charge in [0, 0.05) is 24.0 Å². The van der Waals surface area contributed by atoms with Crippen molar-refractivity contribution in [1.82, 2.24) is 24.6 Å². The van der Waals surface area contributed by atoms with Gasteiger partial charge in [0.2, 0.25) is 5.88 Å². The van der Waals surface area contributed by atoms with Gasteiger partial charge in [-0.2, -0.15) is 10.4 Å². The van der Waals surface area contributed by atoms with Gasteiger partial charge in [-0.25, -0.2) is 14.5 Å². The fraction of sp³-hybridized carbons (Fsp3) is 0.567. The van der Waals surface area contributed by atoms with E-state index in [1.807, 2.05) is 43.7 Å². The summed E-state index contributed by atoms with van der Waals surface area (Å²) in [5.41, 5.74) is 2.64. The number of fused-ring (bicyclic) bond motifs is 1. The molecule has 6 rings (SSSR count). The van der Waals surface area contributed by atoms with E-state index in [9.17, 15) is 10.1 Å². The van der Waals surface area contributed by atoms with Crippen molar-refractivity contribution in [3.63, 3.8) is 0 Å². The zero-order chi connectivity index (χ0) is 27.9. The average Bonchev–Trinajstić information content (AvgIpc) is 3.61. The molecule has 2 aromatic heterocycles. The molecule has 1 spiro atoms. The first-order chi connectivity index (χ1) is 19.2. The summed E-state index contributed by atoms with van der Waals surface area (Å²) in [5, 5.41) is 15.1. The van der Waals surface area contributed by atoms with E-state index in [1.165, 1.54) is 0 Å². The summed E-state index contributed by atoms with van der Waals surface area (Å²) in [5.74, 6) is 0.407. The van der Waals surface area contributed by atoms with Crippen LogP contribution in [-0.4, -0.2) is 62.1 Å². The van der Waals surface area contributed by atoms with Crippen LogP contribution < -0.4 is 4.74 Å². The molecule has 2 saturated heterocycles. The van der Waals surface area contributed by atoms with E-state index >= 15 is 0 Å². The average molecular weight is 545 g/mol. The van der Waals surface area contributed by atoms with E-state index in [0.717, 1.165) is 55.0 Å². The number of hydrogen-bond acceptors (Lipinski definition) is 8. The van der Waals surface area contributed by atoms with Crippen LogP contribution in [-0.2, 0) is 15.9 Å². The first-order valence-electron chi connectivity index (χ1n) is 14.2. The van der Waals surface area contributed by atoms with Gasteiger partial charge >= 0.3 is 6.09 Å². The van der Waals surface area contributed by atoms with E-state index in [-0.39, 0.29) is 23.8 Å². The van der Waals surface area contributed by atoms with Gasteiger partial charge in [0.15, 0.2) is 6.23 Å². The highest BCUT2D eigenvalue weighted by molar-refractivity contribution is 5.93. The Bertz CT molecular complexity index is 1440. The summed E-state index contributed by atoms with van der Waals surface area (Å²) in [6, 6.07) is 8.22. The van der Waals surface area contributed by atoms with Gasteiger partial charge in [0.1, 0.15) is 23.1 Å². The minimum Gasteiger partial charge on any atom is -0.471 e. The minimum atomic E-state index is -0.552. The number of amides is 1. The highest BCUT2D eigenvalue weighted by Gasteiger charge is 2.54. The highest BCUT2D eigenvalue weighted by Crippen LogP contribution is 2.54. The first-order valence-corrected chi connectivity index (χ1v) is 14.2. The van der Waals surface area contributed by atoms with Gasteiger partial charge < -0.3 is 19.1 Å². The topological polar surface area (TPSA) is 115 Å². The summed E-state index contributed by atoms with van der Waals surface area (Å²) in [7, 11) is 0. The van der Waals surface area contributed by atoms with E-state index in [2.05, 4.69) is 11.1 Å². The predicted octanol–water partition coefficient (Wildman–Crippen LogP) is 5.43. The molecule has 3 fully saturated rings. The monoisotopic (exact) mass is 544 g/mol. The molecule has 0 N–H and O–H groups in total. The number of benzene rings is 1. The third-order valence-corrected chi connectivity index (χ3v) is 8.09. The second-order valence-corrected chi connectivity index (χ2v) is 12.2. The van der Waals surface area contributed by atoms with E-state index in [4.69, 9.17) is 24.3 Å². The number of rotatable bonds is 5. The van der Waals surface area contributed by atoms with Gasteiger partial charge in [-0.3, -0.25) is 4.98 Å². The van der Waals surface area contributed by atoms with Crippen molar-refractivity contribution in [3.05, 3.63) is 36.2 Å². The molecule has 10 heteroatoms. The van der Waals surface area contributed by atoms with Crippen LogP contribution >= 0.6 is 0 Å². The van der Waals surface area contributed by atoms with Crippen LogP contribution in [0.3, 0.4) is 0 Å². The molecular weight excluding hydrogens is 508 g/mol. The molecule has 4 heterocycles. The van der Waals surface area contributed by atoms with Gasteiger partial charge in [0.25, 0.3) is 0 Å². The van der Waals surface area contributed by atoms with Crippen molar-refractivity contribution in [2.45, 2.75) is 83.6 Å². The molecule has 1 aliphatic carbocycles. The molecule has 1 saturated carbocycles. The Kier molecular flexibility index (Phi) is 6.87. The molecule has 0 bridgehead atoms. The molecule has 3 aromatic rings. The number of likely N-dealkylation sites (tertiary alicyclic amines) is 1. The number of carbonyl (C=O) groups excluding carboxylic acids is 1. The van der Waals surface area contributed by atoms with Crippen LogP contribution in [0.5, 0.6) is 5.88 Å². The quantitative estimate of drug-likeness (QED) is 0.418. The van der Waals surface area contributed by atoms with Crippen molar-refractivity contribution in [2.75, 3.05) is 19.7 Å². The molecule has 1 aromatic carbocycles. The molecule has 2 aliphatic heterocycles. The van der Waals surface area contributed by atoms with Crippen LogP contribution in [0, 0.1) is 16.7 Å². The lowest BCUT2D eigenvalue weighted by atomic mass is 9.90. The maximum absolute atomic E-state index is 12.8. The fourth-order valence-corrected chi connectivity index (χ4v) is 5.77. The minimum absolute atomic E-state index is 0.0645. The molecule has 2 unspecified atom stereocenters. The number of carbonyl (C=O) groups is 1. The van der Waals surface area contributed by atoms with Gasteiger partial charge in [-0.05, 0) is 77.0 Å². The smallest absolute Gasteiger partial charge is 0.410 e. The Labute approximate surface area is 234 Å². The van der Waals surface area contributed by atoms with Crippen LogP contribution in [0.4, 0.5) is 4.79 Å². The summed E-state index contributed by atoms with van der Waals surface area (Å²) >= 11 is 0. The molecule has 1 amide bonds. The summed E-state index contributed by atoms with van der Waals surface area (Å²) in [6.07, 6.45) is 9.03. The summed E-state index contributed by atoms with van der Waals surface area (Å²) < 4.78 is 20.1. The Morgan fingerprint density at radius 1 is 1.23 bits per heavy atom. The van der Waals surface area contributed by atoms with Crippen LogP contribution in [0.15, 0.2) is 30.6 Å². The predicted molar refractivity (Wildman–Crippen MR) is 147 cm³/mol.